The lowest BCUT2D eigenvalue weighted by molar-refractivity contribution is 0.397. The van der Waals surface area contributed by atoms with Gasteiger partial charge in [0, 0.05) is 11.1 Å². The van der Waals surface area contributed by atoms with Crippen molar-refractivity contribution in [3.05, 3.63) is 40.5 Å². The van der Waals surface area contributed by atoms with E-state index in [-0.39, 0.29) is 21.9 Å². The number of halogens is 2. The first kappa shape index (κ1) is 14.8. The number of ether oxygens (including phenoxy) is 1. The zero-order valence-corrected chi connectivity index (χ0v) is 12.5. The summed E-state index contributed by atoms with van der Waals surface area (Å²) in [5.74, 6) is -0.0388. The maximum absolute atomic E-state index is 12.1. The van der Waals surface area contributed by atoms with Crippen molar-refractivity contribution in [1.82, 2.24) is 9.97 Å². The van der Waals surface area contributed by atoms with E-state index in [1.54, 1.807) is 6.07 Å². The Balaban J connectivity index is 2.35. The highest BCUT2D eigenvalue weighted by Crippen LogP contribution is 2.20. The largest absolute Gasteiger partial charge is 0.481 e. The van der Waals surface area contributed by atoms with E-state index in [1.165, 1.54) is 31.4 Å². The van der Waals surface area contributed by atoms with Gasteiger partial charge < -0.3 is 4.74 Å². The van der Waals surface area contributed by atoms with Crippen LogP contribution in [-0.2, 0) is 10.0 Å². The summed E-state index contributed by atoms with van der Waals surface area (Å²) < 4.78 is 31.3. The summed E-state index contributed by atoms with van der Waals surface area (Å²) in [5.41, 5.74) is 0. The van der Waals surface area contributed by atoms with Gasteiger partial charge in [0.15, 0.2) is 0 Å². The van der Waals surface area contributed by atoms with Crippen molar-refractivity contribution in [2.45, 2.75) is 4.90 Å². The van der Waals surface area contributed by atoms with Crippen molar-refractivity contribution < 1.29 is 13.2 Å². The third-order valence-electron chi connectivity index (χ3n) is 2.21. The van der Waals surface area contributed by atoms with Crippen LogP contribution in [-0.4, -0.2) is 25.5 Å². The van der Waals surface area contributed by atoms with Crippen molar-refractivity contribution in [2.24, 2.45) is 0 Å². The number of aromatic nitrogens is 2. The lowest BCUT2D eigenvalue weighted by Crippen LogP contribution is -2.15. The van der Waals surface area contributed by atoms with Crippen LogP contribution in [0, 0.1) is 0 Å². The quantitative estimate of drug-likeness (QED) is 0.869. The number of hydrogen-bond acceptors (Lipinski definition) is 5. The lowest BCUT2D eigenvalue weighted by atomic mass is 10.4. The highest BCUT2D eigenvalue weighted by molar-refractivity contribution is 7.92. The van der Waals surface area contributed by atoms with Crippen LogP contribution in [0.1, 0.15) is 0 Å². The molecule has 9 heteroatoms. The summed E-state index contributed by atoms with van der Waals surface area (Å²) >= 11 is 11.5. The number of sulfonamides is 1. The van der Waals surface area contributed by atoms with Crippen LogP contribution in [0.5, 0.6) is 5.88 Å². The van der Waals surface area contributed by atoms with Gasteiger partial charge in [0.05, 0.1) is 12.0 Å². The van der Waals surface area contributed by atoms with Crippen molar-refractivity contribution in [3.8, 4) is 5.88 Å². The highest BCUT2D eigenvalue weighted by Gasteiger charge is 2.17. The van der Waals surface area contributed by atoms with Gasteiger partial charge in [0.25, 0.3) is 10.0 Å². The summed E-state index contributed by atoms with van der Waals surface area (Å²) in [6.07, 6.45) is 0. The predicted molar refractivity (Wildman–Crippen MR) is 75.9 cm³/mol. The fourth-order valence-electron chi connectivity index (χ4n) is 1.36. The molecule has 106 valence electrons. The number of hydrogen-bond donors (Lipinski definition) is 1. The predicted octanol–water partition coefficient (Wildman–Crippen LogP) is 2.59. The zero-order valence-electron chi connectivity index (χ0n) is 10.2. The summed E-state index contributed by atoms with van der Waals surface area (Å²) in [5, 5.41) is 0.359. The van der Waals surface area contributed by atoms with Crippen LogP contribution >= 0.6 is 23.2 Å². The molecule has 1 aromatic carbocycles. The molecule has 1 aromatic heterocycles. The topological polar surface area (TPSA) is 81.2 Å². The molecule has 2 rings (SSSR count). The highest BCUT2D eigenvalue weighted by atomic mass is 35.5. The molecule has 0 spiro atoms. The standard InChI is InChI=1S/C11H9Cl2N3O3S/c1-19-10-6-9(13)14-11(15-10)16-20(17,18)8-4-2-3-7(12)5-8/h2-6H,1H3,(H,14,15,16). The van der Waals surface area contributed by atoms with Crippen molar-refractivity contribution in [3.63, 3.8) is 0 Å². The Kier molecular flexibility index (Phi) is 4.32. The van der Waals surface area contributed by atoms with Crippen LogP contribution in [0.2, 0.25) is 10.2 Å². The monoisotopic (exact) mass is 333 g/mol. The normalized spacial score (nSPS) is 11.2. The van der Waals surface area contributed by atoms with Crippen LogP contribution in [0.25, 0.3) is 0 Å². The molecule has 0 radical (unpaired) electrons. The minimum Gasteiger partial charge on any atom is -0.481 e. The molecular weight excluding hydrogens is 325 g/mol. The van der Waals surface area contributed by atoms with E-state index in [0.717, 1.165) is 0 Å². The average Bonchev–Trinajstić information content (AvgIpc) is 2.37. The molecule has 0 amide bonds. The molecule has 0 aliphatic rings. The number of benzene rings is 1. The molecule has 0 aliphatic carbocycles. The summed E-state index contributed by atoms with van der Waals surface area (Å²) in [7, 11) is -2.47. The maximum atomic E-state index is 12.1. The fourth-order valence-corrected chi connectivity index (χ4v) is 2.78. The van der Waals surface area contributed by atoms with E-state index < -0.39 is 10.0 Å². The number of methoxy groups -OCH3 is 1. The van der Waals surface area contributed by atoms with Gasteiger partial charge in [0.1, 0.15) is 5.15 Å². The molecule has 1 N–H and O–H groups in total. The van der Waals surface area contributed by atoms with Crippen molar-refractivity contribution >= 4 is 39.2 Å². The molecule has 0 saturated carbocycles. The van der Waals surface area contributed by atoms with Gasteiger partial charge in [0.2, 0.25) is 11.8 Å². The molecule has 20 heavy (non-hydrogen) atoms. The summed E-state index contributed by atoms with van der Waals surface area (Å²) in [4.78, 5) is 7.60. The van der Waals surface area contributed by atoms with Gasteiger partial charge in [-0.05, 0) is 18.2 Å². The van der Waals surface area contributed by atoms with Crippen LogP contribution in [0.4, 0.5) is 5.95 Å². The Hall–Kier alpha value is -1.57. The zero-order chi connectivity index (χ0) is 14.8. The molecule has 0 bridgehead atoms. The summed E-state index contributed by atoms with van der Waals surface area (Å²) in [6, 6.07) is 7.16. The van der Waals surface area contributed by atoms with Gasteiger partial charge in [-0.3, -0.25) is 0 Å². The van der Waals surface area contributed by atoms with Crippen molar-refractivity contribution in [2.75, 3.05) is 11.8 Å². The second kappa shape index (κ2) is 5.82. The van der Waals surface area contributed by atoms with Crippen molar-refractivity contribution in [1.29, 1.82) is 0 Å². The molecule has 0 fully saturated rings. The van der Waals surface area contributed by atoms with Gasteiger partial charge in [-0.25, -0.2) is 18.1 Å². The van der Waals surface area contributed by atoms with E-state index >= 15 is 0 Å². The number of nitrogens with zero attached hydrogens (tertiary/aromatic N) is 2. The Labute approximate surface area is 125 Å². The minimum absolute atomic E-state index is 0.00691. The van der Waals surface area contributed by atoms with Crippen LogP contribution < -0.4 is 9.46 Å². The van der Waals surface area contributed by atoms with E-state index in [4.69, 9.17) is 27.9 Å². The van der Waals surface area contributed by atoms with E-state index in [9.17, 15) is 8.42 Å². The third kappa shape index (κ3) is 3.50. The molecule has 1 heterocycles. The Morgan fingerprint density at radius 2 is 1.95 bits per heavy atom. The van der Waals surface area contributed by atoms with Crippen LogP contribution in [0.15, 0.2) is 35.2 Å². The number of anilines is 1. The second-order valence-corrected chi connectivity index (χ2v) is 6.13. The van der Waals surface area contributed by atoms with Gasteiger partial charge in [-0.1, -0.05) is 29.3 Å². The molecular formula is C11H9Cl2N3O3S. The summed E-state index contributed by atoms with van der Waals surface area (Å²) in [6.45, 7) is 0. The SMILES string of the molecule is COc1cc(Cl)nc(NS(=O)(=O)c2cccc(Cl)c2)n1. The molecule has 2 aromatic rings. The van der Waals surface area contributed by atoms with Gasteiger partial charge in [-0.15, -0.1) is 0 Å². The molecule has 0 atom stereocenters. The molecule has 0 unspecified atom stereocenters. The third-order valence-corrected chi connectivity index (χ3v) is 3.97. The minimum atomic E-state index is -3.85. The Morgan fingerprint density at radius 1 is 1.20 bits per heavy atom. The molecule has 0 aliphatic heterocycles. The maximum Gasteiger partial charge on any atom is 0.264 e. The Morgan fingerprint density at radius 3 is 2.60 bits per heavy atom. The van der Waals surface area contributed by atoms with Gasteiger partial charge in [-0.2, -0.15) is 4.98 Å². The van der Waals surface area contributed by atoms with E-state index in [0.29, 0.717) is 5.02 Å². The Bertz CT molecular complexity index is 737. The lowest BCUT2D eigenvalue weighted by Gasteiger charge is -2.08. The molecule has 6 nitrogen and oxygen atoms in total. The molecule has 0 saturated heterocycles. The van der Waals surface area contributed by atoms with E-state index in [1.807, 2.05) is 0 Å². The van der Waals surface area contributed by atoms with Gasteiger partial charge >= 0.3 is 0 Å². The number of nitrogens with one attached hydrogen (secondary N) is 1. The first-order chi connectivity index (χ1) is 9.40. The smallest absolute Gasteiger partial charge is 0.264 e. The second-order valence-electron chi connectivity index (χ2n) is 3.62. The first-order valence-corrected chi connectivity index (χ1v) is 7.51. The first-order valence-electron chi connectivity index (χ1n) is 5.28. The fraction of sp³-hybridized carbons (Fsp3) is 0.0909. The average molecular weight is 334 g/mol. The number of rotatable bonds is 4. The van der Waals surface area contributed by atoms with E-state index in [2.05, 4.69) is 14.7 Å². The van der Waals surface area contributed by atoms with Crippen LogP contribution in [0.3, 0.4) is 0 Å².